The molecule has 1 aromatic heterocycles. The summed E-state index contributed by atoms with van der Waals surface area (Å²) in [6.07, 6.45) is 2.31. The summed E-state index contributed by atoms with van der Waals surface area (Å²) in [5.74, 6) is 0.721. The zero-order valence-corrected chi connectivity index (χ0v) is 23.0. The number of sulfonamides is 1. The van der Waals surface area contributed by atoms with Gasteiger partial charge in [-0.1, -0.05) is 66.2 Å². The predicted octanol–water partition coefficient (Wildman–Crippen LogP) is 6.40. The number of hydrogen-bond donors (Lipinski definition) is 0. The number of methoxy groups -OCH3 is 1. The fraction of sp³-hybridized carbons (Fsp3) is 0.125. The van der Waals surface area contributed by atoms with Crippen molar-refractivity contribution in [2.45, 2.75) is 24.3 Å². The highest BCUT2D eigenvalue weighted by molar-refractivity contribution is 7.89. The summed E-state index contributed by atoms with van der Waals surface area (Å²) >= 11 is 0. The minimum Gasteiger partial charge on any atom is -0.497 e. The van der Waals surface area contributed by atoms with Crippen LogP contribution in [0.2, 0.25) is 0 Å². The van der Waals surface area contributed by atoms with Gasteiger partial charge in [0.25, 0.3) is 10.0 Å². The molecule has 40 heavy (non-hydrogen) atoms. The molecule has 0 bridgehead atoms. The first-order valence-corrected chi connectivity index (χ1v) is 14.4. The minimum absolute atomic E-state index is 0.194. The lowest BCUT2D eigenvalue weighted by Gasteiger charge is -2.23. The lowest BCUT2D eigenvalue weighted by molar-refractivity contribution is 0.372. The molecule has 0 N–H and O–H groups in total. The van der Waals surface area contributed by atoms with Crippen LogP contribution in [0.5, 0.6) is 5.75 Å². The van der Waals surface area contributed by atoms with E-state index in [1.807, 2.05) is 98.0 Å². The van der Waals surface area contributed by atoms with E-state index in [-0.39, 0.29) is 4.90 Å². The Morgan fingerprint density at radius 1 is 0.800 bits per heavy atom. The van der Waals surface area contributed by atoms with Gasteiger partial charge in [0.1, 0.15) is 5.75 Å². The molecular weight excluding hydrogens is 520 g/mol. The molecule has 4 aromatic carbocycles. The van der Waals surface area contributed by atoms with Gasteiger partial charge in [-0.25, -0.2) is 4.68 Å². The van der Waals surface area contributed by atoms with Gasteiger partial charge in [0, 0.05) is 23.7 Å². The largest absolute Gasteiger partial charge is 0.497 e. The maximum Gasteiger partial charge on any atom is 0.279 e. The summed E-state index contributed by atoms with van der Waals surface area (Å²) in [7, 11) is -2.36. The molecule has 5 aromatic rings. The summed E-state index contributed by atoms with van der Waals surface area (Å²) in [4.78, 5) is 0.194. The Hall–Kier alpha value is -4.69. The molecule has 200 valence electrons. The normalized spacial score (nSPS) is 15.2. The van der Waals surface area contributed by atoms with Crippen molar-refractivity contribution in [3.05, 3.63) is 132 Å². The van der Waals surface area contributed by atoms with Crippen molar-refractivity contribution in [2.75, 3.05) is 7.11 Å². The zero-order valence-electron chi connectivity index (χ0n) is 22.2. The van der Waals surface area contributed by atoms with Crippen molar-refractivity contribution in [3.63, 3.8) is 0 Å². The van der Waals surface area contributed by atoms with E-state index in [1.165, 1.54) is 4.41 Å². The second-order valence-corrected chi connectivity index (χ2v) is 11.5. The van der Waals surface area contributed by atoms with Crippen LogP contribution in [-0.2, 0) is 10.0 Å². The van der Waals surface area contributed by atoms with Gasteiger partial charge in [0.15, 0.2) is 0 Å². The van der Waals surface area contributed by atoms with Crippen LogP contribution in [-0.4, -0.2) is 35.4 Å². The summed E-state index contributed by atoms with van der Waals surface area (Å²) in [6.45, 7) is 1.93. The monoisotopic (exact) mass is 548 g/mol. The molecule has 1 aliphatic rings. The zero-order chi connectivity index (χ0) is 27.7. The summed E-state index contributed by atoms with van der Waals surface area (Å²) in [5.41, 5.74) is 5.77. The Balaban J connectivity index is 1.51. The Morgan fingerprint density at radius 3 is 2.10 bits per heavy atom. The number of para-hydroxylation sites is 1. The average molecular weight is 549 g/mol. The molecule has 8 heteroatoms. The molecule has 0 saturated carbocycles. The topological polar surface area (TPSA) is 76.8 Å². The molecule has 1 atom stereocenters. The first-order valence-electron chi connectivity index (χ1n) is 13.0. The molecule has 0 unspecified atom stereocenters. The van der Waals surface area contributed by atoms with Crippen molar-refractivity contribution < 1.29 is 13.2 Å². The van der Waals surface area contributed by atoms with Crippen molar-refractivity contribution in [2.24, 2.45) is 5.10 Å². The lowest BCUT2D eigenvalue weighted by Crippen LogP contribution is -2.27. The maximum atomic E-state index is 14.1. The van der Waals surface area contributed by atoms with E-state index in [9.17, 15) is 8.42 Å². The third-order valence-electron chi connectivity index (χ3n) is 7.03. The highest BCUT2D eigenvalue weighted by Gasteiger charge is 2.40. The molecule has 2 heterocycles. The Kier molecular flexibility index (Phi) is 6.69. The highest BCUT2D eigenvalue weighted by atomic mass is 32.2. The van der Waals surface area contributed by atoms with Gasteiger partial charge in [0.2, 0.25) is 0 Å². The second kappa shape index (κ2) is 10.5. The number of rotatable bonds is 7. The standard InChI is InChI=1S/C32H28N4O3S/c1-23-13-19-28(20-14-23)40(37,38)36-31(21-30(33-36)24-15-17-27(39-2)18-16-24)29-22-35(26-11-7-4-8-12-26)34-32(29)25-9-5-3-6-10-25/h3-20,22,31H,21H2,1-2H3/t31-/m1/s1. The average Bonchev–Trinajstić information content (AvgIpc) is 3.64. The van der Waals surface area contributed by atoms with E-state index in [2.05, 4.69) is 0 Å². The van der Waals surface area contributed by atoms with Gasteiger partial charge in [0.05, 0.1) is 35.1 Å². The number of hydrogen-bond acceptors (Lipinski definition) is 5. The van der Waals surface area contributed by atoms with Crippen LogP contribution >= 0.6 is 0 Å². The molecule has 0 saturated heterocycles. The Labute approximate surface area is 234 Å². The van der Waals surface area contributed by atoms with E-state index < -0.39 is 16.1 Å². The van der Waals surface area contributed by atoms with E-state index in [0.717, 1.165) is 33.7 Å². The first kappa shape index (κ1) is 25.6. The van der Waals surface area contributed by atoms with Crippen molar-refractivity contribution in [3.8, 4) is 22.7 Å². The van der Waals surface area contributed by atoms with Crippen molar-refractivity contribution >= 4 is 15.7 Å². The number of benzene rings is 4. The van der Waals surface area contributed by atoms with Crippen LogP contribution in [0.25, 0.3) is 16.9 Å². The Bertz CT molecular complexity index is 1760. The van der Waals surface area contributed by atoms with Gasteiger partial charge in [-0.15, -0.1) is 0 Å². The molecule has 0 fully saturated rings. The van der Waals surface area contributed by atoms with Gasteiger partial charge < -0.3 is 4.74 Å². The molecule has 1 aliphatic heterocycles. The molecule has 7 nitrogen and oxygen atoms in total. The number of hydrazone groups is 1. The van der Waals surface area contributed by atoms with Crippen LogP contribution in [0.15, 0.2) is 125 Å². The molecular formula is C32H28N4O3S. The summed E-state index contributed by atoms with van der Waals surface area (Å²) in [5, 5.41) is 9.69. The van der Waals surface area contributed by atoms with Crippen LogP contribution in [0, 0.1) is 6.92 Å². The van der Waals surface area contributed by atoms with Crippen LogP contribution in [0.4, 0.5) is 0 Å². The lowest BCUT2D eigenvalue weighted by atomic mass is 9.97. The summed E-state index contributed by atoms with van der Waals surface area (Å²) < 4.78 is 36.6. The van der Waals surface area contributed by atoms with Gasteiger partial charge in [-0.2, -0.15) is 23.0 Å². The van der Waals surface area contributed by atoms with E-state index in [0.29, 0.717) is 17.8 Å². The Morgan fingerprint density at radius 2 is 1.45 bits per heavy atom. The second-order valence-electron chi connectivity index (χ2n) is 9.66. The third-order valence-corrected chi connectivity index (χ3v) is 8.73. The highest BCUT2D eigenvalue weighted by Crippen LogP contribution is 2.41. The number of aromatic nitrogens is 2. The van der Waals surface area contributed by atoms with Crippen LogP contribution in [0.3, 0.4) is 0 Å². The smallest absolute Gasteiger partial charge is 0.279 e. The molecule has 0 amide bonds. The quantitative estimate of drug-likeness (QED) is 0.236. The fourth-order valence-corrected chi connectivity index (χ4v) is 6.31. The first-order chi connectivity index (χ1) is 19.4. The fourth-order valence-electron chi connectivity index (χ4n) is 4.88. The molecule has 0 radical (unpaired) electrons. The predicted molar refractivity (Wildman–Crippen MR) is 156 cm³/mol. The molecule has 6 rings (SSSR count). The van der Waals surface area contributed by atoms with E-state index in [4.69, 9.17) is 14.9 Å². The number of ether oxygens (including phenoxy) is 1. The number of aryl methyl sites for hydroxylation is 1. The van der Waals surface area contributed by atoms with Crippen LogP contribution < -0.4 is 4.74 Å². The van der Waals surface area contributed by atoms with E-state index in [1.54, 1.807) is 36.1 Å². The summed E-state index contributed by atoms with van der Waals surface area (Å²) in [6, 6.07) is 33.4. The minimum atomic E-state index is -3.98. The molecule has 0 spiro atoms. The van der Waals surface area contributed by atoms with Gasteiger partial charge in [-0.05, 0) is 61.0 Å². The van der Waals surface area contributed by atoms with Crippen molar-refractivity contribution in [1.82, 2.24) is 14.2 Å². The third kappa shape index (κ3) is 4.78. The van der Waals surface area contributed by atoms with Gasteiger partial charge >= 0.3 is 0 Å². The van der Waals surface area contributed by atoms with E-state index >= 15 is 0 Å². The number of nitrogens with zero attached hydrogens (tertiary/aromatic N) is 4. The SMILES string of the molecule is COc1ccc(C2=NN(S(=O)(=O)c3ccc(C)cc3)[C@@H](c3cn(-c4ccccc4)nc3-c3ccccc3)C2)cc1. The van der Waals surface area contributed by atoms with Crippen molar-refractivity contribution in [1.29, 1.82) is 0 Å². The van der Waals surface area contributed by atoms with Gasteiger partial charge in [-0.3, -0.25) is 0 Å². The molecule has 0 aliphatic carbocycles. The maximum absolute atomic E-state index is 14.1. The van der Waals surface area contributed by atoms with Crippen LogP contribution in [0.1, 0.15) is 29.2 Å².